The smallest absolute Gasteiger partial charge is 0.269 e. The minimum absolute atomic E-state index is 0.0130. The second kappa shape index (κ2) is 11.9. The van der Waals surface area contributed by atoms with Crippen LogP contribution in [0, 0.1) is 10.1 Å². The summed E-state index contributed by atoms with van der Waals surface area (Å²) in [5, 5.41) is 11.0. The monoisotopic (exact) mass is 547 g/mol. The first kappa shape index (κ1) is 27.3. The molecule has 2 atom stereocenters. The Balaban J connectivity index is 1.50. The van der Waals surface area contributed by atoms with E-state index >= 15 is 0 Å². The number of ether oxygens (including phenoxy) is 1. The minimum atomic E-state index is -0.458. The lowest BCUT2D eigenvalue weighted by Crippen LogP contribution is -2.47. The maximum absolute atomic E-state index is 13.8. The second-order valence-electron chi connectivity index (χ2n) is 9.79. The lowest BCUT2D eigenvalue weighted by molar-refractivity contribution is -0.384. The quantitative estimate of drug-likeness (QED) is 0.144. The molecular formula is C33H29N3O5. The van der Waals surface area contributed by atoms with Gasteiger partial charge in [-0.25, -0.2) is 0 Å². The summed E-state index contributed by atoms with van der Waals surface area (Å²) in [6.07, 6.45) is 3.65. The van der Waals surface area contributed by atoms with Gasteiger partial charge in [0.05, 0.1) is 18.1 Å². The van der Waals surface area contributed by atoms with Crippen molar-refractivity contribution in [2.75, 3.05) is 16.9 Å². The van der Waals surface area contributed by atoms with E-state index in [0.29, 0.717) is 23.3 Å². The molecule has 0 N–H and O–H groups in total. The van der Waals surface area contributed by atoms with Crippen molar-refractivity contribution < 1.29 is 19.2 Å². The maximum atomic E-state index is 13.8. The van der Waals surface area contributed by atoms with Gasteiger partial charge >= 0.3 is 0 Å². The Labute approximate surface area is 238 Å². The zero-order valence-corrected chi connectivity index (χ0v) is 22.7. The van der Waals surface area contributed by atoms with E-state index in [0.717, 1.165) is 16.9 Å². The molecule has 0 spiro atoms. The normalized spacial score (nSPS) is 16.2. The summed E-state index contributed by atoms with van der Waals surface area (Å²) < 4.78 is 5.24. The molecule has 1 heterocycles. The lowest BCUT2D eigenvalue weighted by Gasteiger charge is -2.43. The maximum Gasteiger partial charge on any atom is 0.269 e. The lowest BCUT2D eigenvalue weighted by atomic mass is 9.89. The molecule has 4 aromatic carbocycles. The minimum Gasteiger partial charge on any atom is -0.497 e. The van der Waals surface area contributed by atoms with Crippen LogP contribution in [0.5, 0.6) is 5.75 Å². The standard InChI is InChI=1S/C33H29N3O5/c1-23-22-31(29-10-6-7-11-30(29)34(23)33(38)25-15-19-28(41-2)20-16-25)35(26-8-4-3-5-9-26)32(37)21-14-24-12-17-27(18-13-24)36(39)40/h3-21,23,31H,22H2,1-2H3. The third-order valence-corrected chi connectivity index (χ3v) is 7.22. The Morgan fingerprint density at radius 2 is 1.59 bits per heavy atom. The molecule has 1 aliphatic rings. The highest BCUT2D eigenvalue weighted by Gasteiger charge is 2.38. The molecule has 0 bridgehead atoms. The van der Waals surface area contributed by atoms with E-state index in [2.05, 4.69) is 0 Å². The number of benzene rings is 4. The molecule has 0 fully saturated rings. The van der Waals surface area contributed by atoms with E-state index in [1.165, 1.54) is 18.2 Å². The van der Waals surface area contributed by atoms with Crippen molar-refractivity contribution in [2.45, 2.75) is 25.4 Å². The number of anilines is 2. The van der Waals surface area contributed by atoms with Crippen molar-refractivity contribution in [3.8, 4) is 5.75 Å². The molecule has 1 aliphatic heterocycles. The highest BCUT2D eigenvalue weighted by atomic mass is 16.6. The van der Waals surface area contributed by atoms with Gasteiger partial charge in [-0.1, -0.05) is 36.4 Å². The van der Waals surface area contributed by atoms with Crippen LogP contribution in [-0.4, -0.2) is 29.9 Å². The number of non-ortho nitro benzene ring substituents is 1. The van der Waals surface area contributed by atoms with Gasteiger partial charge in [0.2, 0.25) is 0 Å². The molecule has 2 unspecified atom stereocenters. The SMILES string of the molecule is COc1ccc(C(=O)N2c3ccccc3C(N(C(=O)C=Cc3ccc([N+](=O)[O-])cc3)c3ccccc3)CC2C)cc1. The molecular weight excluding hydrogens is 518 g/mol. The van der Waals surface area contributed by atoms with E-state index in [-0.39, 0.29) is 29.6 Å². The first-order chi connectivity index (χ1) is 19.9. The number of para-hydroxylation sites is 2. The third-order valence-electron chi connectivity index (χ3n) is 7.22. The van der Waals surface area contributed by atoms with Gasteiger partial charge < -0.3 is 14.5 Å². The molecule has 4 aromatic rings. The van der Waals surface area contributed by atoms with Crippen molar-refractivity contribution in [2.24, 2.45) is 0 Å². The number of nitrogens with zero attached hydrogens (tertiary/aromatic N) is 3. The van der Waals surface area contributed by atoms with Crippen LogP contribution in [0.3, 0.4) is 0 Å². The van der Waals surface area contributed by atoms with Gasteiger partial charge in [-0.05, 0) is 85.1 Å². The molecule has 2 amide bonds. The van der Waals surface area contributed by atoms with E-state index in [1.807, 2.05) is 61.5 Å². The van der Waals surface area contributed by atoms with E-state index < -0.39 is 4.92 Å². The molecule has 0 saturated carbocycles. The summed E-state index contributed by atoms with van der Waals surface area (Å²) >= 11 is 0. The third kappa shape index (κ3) is 5.72. The molecule has 0 aliphatic carbocycles. The number of nitro groups is 1. The molecule has 0 radical (unpaired) electrons. The Morgan fingerprint density at radius 1 is 0.927 bits per heavy atom. The number of nitro benzene ring substituents is 1. The average molecular weight is 548 g/mol. The molecule has 0 saturated heterocycles. The van der Waals surface area contributed by atoms with Crippen LogP contribution < -0.4 is 14.5 Å². The first-order valence-electron chi connectivity index (χ1n) is 13.2. The summed E-state index contributed by atoms with van der Waals surface area (Å²) in [5.74, 6) is 0.311. The fourth-order valence-electron chi connectivity index (χ4n) is 5.21. The molecule has 8 nitrogen and oxygen atoms in total. The Hall–Kier alpha value is -5.24. The number of fused-ring (bicyclic) bond motifs is 1. The molecule has 41 heavy (non-hydrogen) atoms. The largest absolute Gasteiger partial charge is 0.497 e. The zero-order chi connectivity index (χ0) is 28.9. The average Bonchev–Trinajstić information content (AvgIpc) is 3.00. The summed E-state index contributed by atoms with van der Waals surface area (Å²) in [6.45, 7) is 1.99. The fraction of sp³-hybridized carbons (Fsp3) is 0.152. The van der Waals surface area contributed by atoms with Crippen LogP contribution in [0.2, 0.25) is 0 Å². The van der Waals surface area contributed by atoms with E-state index in [1.54, 1.807) is 59.4 Å². The Kier molecular flexibility index (Phi) is 7.92. The second-order valence-corrected chi connectivity index (χ2v) is 9.79. The van der Waals surface area contributed by atoms with Crippen LogP contribution in [0.4, 0.5) is 17.1 Å². The van der Waals surface area contributed by atoms with Gasteiger partial charge in [-0.2, -0.15) is 0 Å². The van der Waals surface area contributed by atoms with Crippen molar-refractivity contribution in [1.82, 2.24) is 0 Å². The highest BCUT2D eigenvalue weighted by Crippen LogP contribution is 2.43. The fourth-order valence-corrected chi connectivity index (χ4v) is 5.21. The number of amides is 2. The van der Waals surface area contributed by atoms with E-state index in [4.69, 9.17) is 4.74 Å². The van der Waals surface area contributed by atoms with Crippen LogP contribution in [0.25, 0.3) is 6.08 Å². The van der Waals surface area contributed by atoms with Crippen LogP contribution in [-0.2, 0) is 4.79 Å². The van der Waals surface area contributed by atoms with Crippen LogP contribution in [0.1, 0.15) is 40.9 Å². The van der Waals surface area contributed by atoms with Crippen LogP contribution in [0.15, 0.2) is 109 Å². The van der Waals surface area contributed by atoms with E-state index in [9.17, 15) is 19.7 Å². The topological polar surface area (TPSA) is 93.0 Å². The Morgan fingerprint density at radius 3 is 2.24 bits per heavy atom. The zero-order valence-electron chi connectivity index (χ0n) is 22.7. The number of carbonyl (C=O) groups is 2. The summed E-state index contributed by atoms with van der Waals surface area (Å²) in [4.78, 5) is 41.7. The first-order valence-corrected chi connectivity index (χ1v) is 13.2. The number of hydrogen-bond acceptors (Lipinski definition) is 5. The Bertz CT molecular complexity index is 1580. The molecule has 8 heteroatoms. The predicted molar refractivity (Wildman–Crippen MR) is 159 cm³/mol. The number of hydrogen-bond donors (Lipinski definition) is 0. The number of carbonyl (C=O) groups excluding carboxylic acids is 2. The predicted octanol–water partition coefficient (Wildman–Crippen LogP) is 6.83. The van der Waals surface area contributed by atoms with Crippen LogP contribution >= 0.6 is 0 Å². The van der Waals surface area contributed by atoms with Crippen molar-refractivity contribution in [3.63, 3.8) is 0 Å². The summed E-state index contributed by atoms with van der Waals surface area (Å²) in [7, 11) is 1.58. The van der Waals surface area contributed by atoms with Gasteiger partial charge in [0.25, 0.3) is 17.5 Å². The van der Waals surface area contributed by atoms with Gasteiger partial charge in [-0.3, -0.25) is 19.7 Å². The van der Waals surface area contributed by atoms with Crippen molar-refractivity contribution in [3.05, 3.63) is 136 Å². The molecule has 0 aromatic heterocycles. The molecule has 206 valence electrons. The number of rotatable bonds is 7. The molecule has 5 rings (SSSR count). The van der Waals surface area contributed by atoms with Crippen molar-refractivity contribution in [1.29, 1.82) is 0 Å². The van der Waals surface area contributed by atoms with Gasteiger partial charge in [0.1, 0.15) is 5.75 Å². The van der Waals surface area contributed by atoms with Gasteiger partial charge in [0, 0.05) is 41.2 Å². The summed E-state index contributed by atoms with van der Waals surface area (Å²) in [6, 6.07) is 29.7. The van der Waals surface area contributed by atoms with Crippen molar-refractivity contribution >= 4 is 35.0 Å². The van der Waals surface area contributed by atoms with Gasteiger partial charge in [-0.15, -0.1) is 0 Å². The summed E-state index contributed by atoms with van der Waals surface area (Å²) in [5.41, 5.74) is 3.56. The highest BCUT2D eigenvalue weighted by molar-refractivity contribution is 6.08. The van der Waals surface area contributed by atoms with Gasteiger partial charge in [0.15, 0.2) is 0 Å². The number of methoxy groups -OCH3 is 1.